The average molecular weight is 425 g/mol. The Labute approximate surface area is 168 Å². The summed E-state index contributed by atoms with van der Waals surface area (Å²) in [6.45, 7) is 0.925. The number of thioether (sulfide) groups is 2. The first-order chi connectivity index (χ1) is 13.5. The van der Waals surface area contributed by atoms with Crippen LogP contribution in [0.5, 0.6) is 0 Å². The number of alkyl halides is 4. The van der Waals surface area contributed by atoms with Gasteiger partial charge in [-0.2, -0.15) is 22.1 Å². The largest absolute Gasteiger partial charge is 0.288 e. The molecule has 0 fully saturated rings. The number of fused-ring (bicyclic) bond motifs is 1. The minimum atomic E-state index is -2.45. The first kappa shape index (κ1) is 19.4. The van der Waals surface area contributed by atoms with Crippen molar-refractivity contribution in [1.82, 2.24) is 4.57 Å². The molecular formula is C20H17F4N2S2+. The Hall–Kier alpha value is -1.93. The Balaban J connectivity index is 1.71. The summed E-state index contributed by atoms with van der Waals surface area (Å²) >= 11 is 1.05. The Morgan fingerprint density at radius 1 is 0.821 bits per heavy atom. The fourth-order valence-electron chi connectivity index (χ4n) is 3.48. The van der Waals surface area contributed by atoms with Gasteiger partial charge in [0, 0.05) is 15.4 Å². The van der Waals surface area contributed by atoms with Crippen LogP contribution in [0.3, 0.4) is 0 Å². The van der Waals surface area contributed by atoms with Crippen molar-refractivity contribution in [3.05, 3.63) is 60.6 Å². The van der Waals surface area contributed by atoms with Crippen LogP contribution < -0.4 is 4.57 Å². The van der Waals surface area contributed by atoms with Gasteiger partial charge in [0.15, 0.2) is 5.69 Å². The lowest BCUT2D eigenvalue weighted by molar-refractivity contribution is -0.689. The zero-order valence-electron chi connectivity index (χ0n) is 14.7. The van der Waals surface area contributed by atoms with Crippen LogP contribution in [0.2, 0.25) is 0 Å². The van der Waals surface area contributed by atoms with Crippen LogP contribution >= 0.6 is 23.5 Å². The normalized spacial score (nSPS) is 13.5. The van der Waals surface area contributed by atoms with Crippen molar-refractivity contribution < 1.29 is 22.1 Å². The van der Waals surface area contributed by atoms with Crippen molar-refractivity contribution in [2.45, 2.75) is 40.7 Å². The van der Waals surface area contributed by atoms with Gasteiger partial charge in [0.1, 0.15) is 11.9 Å². The summed E-state index contributed by atoms with van der Waals surface area (Å²) in [7, 11) is 0. The molecule has 0 aliphatic carbocycles. The van der Waals surface area contributed by atoms with E-state index < -0.39 is 11.5 Å². The maximum absolute atomic E-state index is 12.6. The van der Waals surface area contributed by atoms with E-state index in [-0.39, 0.29) is 0 Å². The molecule has 0 spiro atoms. The third kappa shape index (κ3) is 4.07. The quantitative estimate of drug-likeness (QED) is 0.272. The van der Waals surface area contributed by atoms with Crippen LogP contribution in [-0.4, -0.2) is 16.1 Å². The number of rotatable bonds is 6. The smallest absolute Gasteiger partial charge is 0.233 e. The summed E-state index contributed by atoms with van der Waals surface area (Å²) in [5.41, 5.74) is 2.78. The molecule has 4 rings (SSSR count). The summed E-state index contributed by atoms with van der Waals surface area (Å²) < 4.78 is 54.6. The van der Waals surface area contributed by atoms with Gasteiger partial charge in [-0.05, 0) is 55.0 Å². The van der Waals surface area contributed by atoms with Crippen LogP contribution in [0.1, 0.15) is 12.2 Å². The third-order valence-corrected chi connectivity index (χ3v) is 6.05. The minimum Gasteiger partial charge on any atom is -0.233 e. The lowest BCUT2D eigenvalue weighted by Crippen LogP contribution is -2.30. The number of nitrogens with zero attached hydrogens (tertiary/aromatic N) is 2. The standard InChI is InChI=1S/C20H17F4N2S2/c21-19(22)27-15-7-3-13(4-8-15)17-12-25-11-1-2-18(25)26(17)14-5-9-16(10-6-14)28-20(23)24/h3-10,12,19-20H,1-2,11H2/q+1. The van der Waals surface area contributed by atoms with Gasteiger partial charge in [-0.25, -0.2) is 4.57 Å². The van der Waals surface area contributed by atoms with Crippen LogP contribution in [0, 0.1) is 0 Å². The predicted octanol–water partition coefficient (Wildman–Crippen LogP) is 6.01. The van der Waals surface area contributed by atoms with E-state index in [4.69, 9.17) is 0 Å². The molecule has 1 aliphatic rings. The SMILES string of the molecule is FC(F)Sc1ccc(-c2c[n+]3c(n2-c2ccc(SC(F)F)cc2)CCC3)cc1. The Morgan fingerprint density at radius 2 is 1.39 bits per heavy atom. The van der Waals surface area contributed by atoms with E-state index in [9.17, 15) is 17.6 Å². The summed E-state index contributed by atoms with van der Waals surface area (Å²) in [6.07, 6.45) is 4.05. The monoisotopic (exact) mass is 425 g/mol. The van der Waals surface area contributed by atoms with Crippen LogP contribution in [0.25, 0.3) is 16.9 Å². The molecule has 0 bridgehead atoms. The Bertz CT molecular complexity index is 954. The predicted molar refractivity (Wildman–Crippen MR) is 103 cm³/mol. The lowest BCUT2D eigenvalue weighted by atomic mass is 10.1. The zero-order chi connectivity index (χ0) is 19.7. The van der Waals surface area contributed by atoms with Crippen LogP contribution in [0.15, 0.2) is 64.5 Å². The molecule has 2 aromatic carbocycles. The molecule has 0 atom stereocenters. The van der Waals surface area contributed by atoms with Crippen LogP contribution in [-0.2, 0) is 13.0 Å². The van der Waals surface area contributed by atoms with Crippen LogP contribution in [0.4, 0.5) is 17.6 Å². The van der Waals surface area contributed by atoms with Gasteiger partial charge in [-0.15, -0.1) is 0 Å². The molecule has 28 heavy (non-hydrogen) atoms. The van der Waals surface area contributed by atoms with E-state index in [1.54, 1.807) is 24.3 Å². The van der Waals surface area contributed by atoms with E-state index in [1.165, 1.54) is 0 Å². The Morgan fingerprint density at radius 3 is 1.96 bits per heavy atom. The van der Waals surface area contributed by atoms with Crippen molar-refractivity contribution in [2.75, 3.05) is 0 Å². The van der Waals surface area contributed by atoms with Crippen molar-refractivity contribution >= 4 is 23.5 Å². The van der Waals surface area contributed by atoms with Crippen molar-refractivity contribution in [3.63, 3.8) is 0 Å². The highest BCUT2D eigenvalue weighted by Gasteiger charge is 2.29. The molecule has 0 radical (unpaired) electrons. The second-order valence-corrected chi connectivity index (χ2v) is 8.47. The summed E-state index contributed by atoms with van der Waals surface area (Å²) in [6, 6.07) is 14.2. The fourth-order valence-corrected chi connectivity index (χ4v) is 4.48. The molecule has 1 aromatic heterocycles. The van der Waals surface area contributed by atoms with E-state index in [2.05, 4.69) is 15.3 Å². The van der Waals surface area contributed by atoms with Gasteiger partial charge >= 0.3 is 0 Å². The number of aryl methyl sites for hydroxylation is 1. The van der Waals surface area contributed by atoms with Gasteiger partial charge in [0.05, 0.1) is 13.0 Å². The highest BCUT2D eigenvalue weighted by atomic mass is 32.2. The van der Waals surface area contributed by atoms with Crippen molar-refractivity contribution in [1.29, 1.82) is 0 Å². The van der Waals surface area contributed by atoms with Gasteiger partial charge in [-0.1, -0.05) is 23.5 Å². The van der Waals surface area contributed by atoms with Gasteiger partial charge in [0.2, 0.25) is 0 Å². The first-order valence-electron chi connectivity index (χ1n) is 8.76. The number of aromatic nitrogens is 2. The first-order valence-corrected chi connectivity index (χ1v) is 10.5. The van der Waals surface area contributed by atoms with E-state index in [1.807, 2.05) is 24.3 Å². The second-order valence-electron chi connectivity index (χ2n) is 6.34. The van der Waals surface area contributed by atoms with E-state index in [0.29, 0.717) is 33.3 Å². The summed E-state index contributed by atoms with van der Waals surface area (Å²) in [4.78, 5) is 1.04. The topological polar surface area (TPSA) is 8.81 Å². The van der Waals surface area contributed by atoms with Crippen molar-refractivity contribution in [2.24, 2.45) is 0 Å². The van der Waals surface area contributed by atoms with Gasteiger partial charge in [-0.3, -0.25) is 0 Å². The maximum atomic E-state index is 12.6. The molecular weight excluding hydrogens is 408 g/mol. The van der Waals surface area contributed by atoms with Crippen molar-refractivity contribution in [3.8, 4) is 16.9 Å². The van der Waals surface area contributed by atoms with Gasteiger partial charge in [0.25, 0.3) is 17.3 Å². The Kier molecular flexibility index (Phi) is 5.68. The minimum absolute atomic E-state index is 0.519. The number of imidazole rings is 1. The number of benzene rings is 2. The molecule has 0 saturated carbocycles. The average Bonchev–Trinajstić information content (AvgIpc) is 3.23. The highest BCUT2D eigenvalue weighted by molar-refractivity contribution is 7.99. The number of halogens is 4. The van der Waals surface area contributed by atoms with Gasteiger partial charge < -0.3 is 0 Å². The molecule has 0 saturated heterocycles. The third-order valence-electron chi connectivity index (χ3n) is 4.60. The molecule has 0 N–H and O–H groups in total. The molecule has 8 heteroatoms. The van der Waals surface area contributed by atoms with E-state index in [0.717, 1.165) is 42.2 Å². The molecule has 2 heterocycles. The molecule has 2 nitrogen and oxygen atoms in total. The second kappa shape index (κ2) is 8.21. The number of hydrogen-bond acceptors (Lipinski definition) is 2. The molecule has 0 amide bonds. The maximum Gasteiger partial charge on any atom is 0.288 e. The highest BCUT2D eigenvalue weighted by Crippen LogP contribution is 2.32. The fraction of sp³-hybridized carbons (Fsp3) is 0.250. The summed E-state index contributed by atoms with van der Waals surface area (Å²) in [5.74, 6) is -3.74. The molecule has 0 unspecified atom stereocenters. The lowest BCUT2D eigenvalue weighted by Gasteiger charge is -2.07. The number of hydrogen-bond donors (Lipinski definition) is 0. The molecule has 146 valence electrons. The zero-order valence-corrected chi connectivity index (χ0v) is 16.3. The molecule has 1 aliphatic heterocycles. The molecule has 3 aromatic rings. The summed E-state index contributed by atoms with van der Waals surface area (Å²) in [5, 5.41) is 0. The van der Waals surface area contributed by atoms with E-state index >= 15 is 0 Å².